The number of likely N-dealkylation sites (N-methyl/N-ethyl adjacent to an activating group) is 1. The van der Waals surface area contributed by atoms with Crippen LogP contribution in [0.5, 0.6) is 0 Å². The summed E-state index contributed by atoms with van der Waals surface area (Å²) in [5, 5.41) is 5.72. The van der Waals surface area contributed by atoms with Crippen molar-refractivity contribution in [2.75, 3.05) is 37.0 Å². The standard InChI is InChI=1S/C18H27N3O4S/c1-13-6-5-7-14(2)17(13)19-15(22)10-21(4)11-16(23)20-18(3)8-9-26(24,25)12-18/h5-7H,8-12H2,1-4H3,(H,19,22)(H,20,23)/p+1/t18-/m1/s1. The highest BCUT2D eigenvalue weighted by Crippen LogP contribution is 2.22. The SMILES string of the molecule is Cc1cccc(C)c1NC(=O)C[NH+](C)CC(=O)N[C@]1(C)CCS(=O)(=O)C1. The van der Waals surface area contributed by atoms with Crippen LogP contribution in [0.25, 0.3) is 0 Å². The summed E-state index contributed by atoms with van der Waals surface area (Å²) in [5.41, 5.74) is 2.07. The minimum Gasteiger partial charge on any atom is -0.345 e. The molecule has 2 atom stereocenters. The Morgan fingerprint density at radius 2 is 1.73 bits per heavy atom. The Morgan fingerprint density at radius 1 is 1.15 bits per heavy atom. The van der Waals surface area contributed by atoms with E-state index in [2.05, 4.69) is 10.6 Å². The van der Waals surface area contributed by atoms with Crippen molar-refractivity contribution >= 4 is 27.3 Å². The van der Waals surface area contributed by atoms with Gasteiger partial charge in [0.2, 0.25) is 0 Å². The first-order valence-electron chi connectivity index (χ1n) is 8.68. The second-order valence-corrected chi connectivity index (χ2v) is 9.76. The topological polar surface area (TPSA) is 96.8 Å². The number of para-hydroxylation sites is 1. The average Bonchev–Trinajstić information content (AvgIpc) is 2.75. The van der Waals surface area contributed by atoms with Gasteiger partial charge in [-0.25, -0.2) is 8.42 Å². The van der Waals surface area contributed by atoms with Crippen LogP contribution in [0.2, 0.25) is 0 Å². The third-order valence-electron chi connectivity index (χ3n) is 4.61. The van der Waals surface area contributed by atoms with Crippen molar-refractivity contribution in [3.05, 3.63) is 29.3 Å². The molecular weight excluding hydrogens is 354 g/mol. The van der Waals surface area contributed by atoms with Gasteiger partial charge in [-0.3, -0.25) is 9.59 Å². The highest BCUT2D eigenvalue weighted by atomic mass is 32.2. The maximum absolute atomic E-state index is 12.3. The molecule has 1 aromatic rings. The molecule has 26 heavy (non-hydrogen) atoms. The van der Waals surface area contributed by atoms with Crippen LogP contribution >= 0.6 is 0 Å². The van der Waals surface area contributed by atoms with E-state index >= 15 is 0 Å². The fourth-order valence-corrected chi connectivity index (χ4v) is 5.39. The zero-order chi connectivity index (χ0) is 19.5. The molecule has 8 heteroatoms. The van der Waals surface area contributed by atoms with Gasteiger partial charge in [0.1, 0.15) is 0 Å². The number of carbonyl (C=O) groups excluding carboxylic acids is 2. The van der Waals surface area contributed by atoms with Crippen molar-refractivity contribution in [3.8, 4) is 0 Å². The lowest BCUT2D eigenvalue weighted by Crippen LogP contribution is -3.11. The summed E-state index contributed by atoms with van der Waals surface area (Å²) in [7, 11) is -1.31. The number of anilines is 1. The van der Waals surface area contributed by atoms with Crippen molar-refractivity contribution in [1.29, 1.82) is 0 Å². The molecule has 3 N–H and O–H groups in total. The normalized spacial score (nSPS) is 22.6. The number of nitrogens with one attached hydrogen (secondary N) is 3. The lowest BCUT2D eigenvalue weighted by molar-refractivity contribution is -0.862. The molecule has 0 radical (unpaired) electrons. The number of rotatable bonds is 6. The number of aryl methyl sites for hydroxylation is 2. The Bertz CT molecular complexity index is 786. The van der Waals surface area contributed by atoms with E-state index in [0.717, 1.165) is 21.7 Å². The molecule has 1 unspecified atom stereocenters. The Labute approximate surface area is 155 Å². The lowest BCUT2D eigenvalue weighted by Gasteiger charge is -2.24. The van der Waals surface area contributed by atoms with Gasteiger partial charge < -0.3 is 15.5 Å². The first-order chi connectivity index (χ1) is 12.0. The Kier molecular flexibility index (Phi) is 6.08. The van der Waals surface area contributed by atoms with E-state index in [1.165, 1.54) is 0 Å². The van der Waals surface area contributed by atoms with Crippen LogP contribution in [0.1, 0.15) is 24.5 Å². The number of hydrogen-bond donors (Lipinski definition) is 3. The first-order valence-corrected chi connectivity index (χ1v) is 10.5. The van der Waals surface area contributed by atoms with Crippen molar-refractivity contribution in [1.82, 2.24) is 5.32 Å². The molecule has 7 nitrogen and oxygen atoms in total. The summed E-state index contributed by atoms with van der Waals surface area (Å²) in [5.74, 6) is -0.341. The zero-order valence-corrected chi connectivity index (χ0v) is 16.6. The summed E-state index contributed by atoms with van der Waals surface area (Å²) >= 11 is 0. The van der Waals surface area contributed by atoms with Gasteiger partial charge in [-0.05, 0) is 38.3 Å². The minimum atomic E-state index is -3.08. The maximum Gasteiger partial charge on any atom is 0.279 e. The maximum atomic E-state index is 12.3. The number of amides is 2. The second kappa shape index (κ2) is 7.75. The molecule has 0 bridgehead atoms. The van der Waals surface area contributed by atoms with Crippen molar-refractivity contribution in [3.63, 3.8) is 0 Å². The van der Waals surface area contributed by atoms with E-state index in [1.807, 2.05) is 32.0 Å². The van der Waals surface area contributed by atoms with Crippen LogP contribution in [0.4, 0.5) is 5.69 Å². The number of benzene rings is 1. The molecule has 1 fully saturated rings. The highest BCUT2D eigenvalue weighted by molar-refractivity contribution is 7.91. The van der Waals surface area contributed by atoms with E-state index in [4.69, 9.17) is 0 Å². The summed E-state index contributed by atoms with van der Waals surface area (Å²) in [4.78, 5) is 25.2. The molecular formula is C18H28N3O4S+. The van der Waals surface area contributed by atoms with E-state index < -0.39 is 15.4 Å². The highest BCUT2D eigenvalue weighted by Gasteiger charge is 2.39. The van der Waals surface area contributed by atoms with Crippen LogP contribution < -0.4 is 15.5 Å². The Morgan fingerprint density at radius 3 is 2.27 bits per heavy atom. The minimum absolute atomic E-state index is 0.0299. The Hall–Kier alpha value is -1.93. The third kappa shape index (κ3) is 5.54. The van der Waals surface area contributed by atoms with E-state index in [9.17, 15) is 18.0 Å². The molecule has 1 aliphatic heterocycles. The summed E-state index contributed by atoms with van der Waals surface area (Å²) < 4.78 is 23.2. The monoisotopic (exact) mass is 382 g/mol. The van der Waals surface area contributed by atoms with Gasteiger partial charge in [0.05, 0.1) is 24.1 Å². The van der Waals surface area contributed by atoms with Crippen molar-refractivity contribution < 1.29 is 22.9 Å². The van der Waals surface area contributed by atoms with Crippen LogP contribution in [0.15, 0.2) is 18.2 Å². The van der Waals surface area contributed by atoms with Crippen molar-refractivity contribution in [2.24, 2.45) is 0 Å². The number of quaternary nitrogens is 1. The smallest absolute Gasteiger partial charge is 0.279 e. The van der Waals surface area contributed by atoms with E-state index in [-0.39, 0.29) is 36.4 Å². The van der Waals surface area contributed by atoms with Gasteiger partial charge in [-0.2, -0.15) is 0 Å². The lowest BCUT2D eigenvalue weighted by atomic mass is 10.0. The van der Waals surface area contributed by atoms with Gasteiger partial charge in [0.25, 0.3) is 11.8 Å². The largest absolute Gasteiger partial charge is 0.345 e. The molecule has 2 amide bonds. The summed E-state index contributed by atoms with van der Waals surface area (Å²) in [6.07, 6.45) is 0.424. The van der Waals surface area contributed by atoms with Crippen molar-refractivity contribution in [2.45, 2.75) is 32.7 Å². The molecule has 1 heterocycles. The molecule has 2 rings (SSSR count). The van der Waals surface area contributed by atoms with Gasteiger partial charge in [-0.1, -0.05) is 18.2 Å². The number of sulfone groups is 1. The van der Waals surface area contributed by atoms with E-state index in [0.29, 0.717) is 6.42 Å². The van der Waals surface area contributed by atoms with Crippen LogP contribution in [-0.2, 0) is 19.4 Å². The molecule has 144 valence electrons. The first kappa shape index (κ1) is 20.4. The molecule has 0 saturated carbocycles. The van der Waals surface area contributed by atoms with Crippen LogP contribution in [-0.4, -0.2) is 57.4 Å². The second-order valence-electron chi connectivity index (χ2n) is 7.58. The molecule has 1 aromatic carbocycles. The molecule has 1 saturated heterocycles. The van der Waals surface area contributed by atoms with Gasteiger partial charge in [0, 0.05) is 5.69 Å². The van der Waals surface area contributed by atoms with Crippen LogP contribution in [0, 0.1) is 13.8 Å². The predicted octanol–water partition coefficient (Wildman–Crippen LogP) is -0.550. The van der Waals surface area contributed by atoms with Crippen LogP contribution in [0.3, 0.4) is 0 Å². The fourth-order valence-electron chi connectivity index (χ4n) is 3.30. The number of carbonyl (C=O) groups is 2. The summed E-state index contributed by atoms with van der Waals surface area (Å²) in [6, 6.07) is 5.80. The molecule has 1 aliphatic rings. The van der Waals surface area contributed by atoms with Gasteiger partial charge in [0.15, 0.2) is 22.9 Å². The fraction of sp³-hybridized carbons (Fsp3) is 0.556. The molecule has 0 aliphatic carbocycles. The number of hydrogen-bond acceptors (Lipinski definition) is 4. The van der Waals surface area contributed by atoms with Gasteiger partial charge >= 0.3 is 0 Å². The Balaban J connectivity index is 1.85. The van der Waals surface area contributed by atoms with E-state index in [1.54, 1.807) is 14.0 Å². The third-order valence-corrected chi connectivity index (χ3v) is 6.52. The summed E-state index contributed by atoms with van der Waals surface area (Å²) in [6.45, 7) is 5.87. The zero-order valence-electron chi connectivity index (χ0n) is 15.8. The molecule has 0 aromatic heterocycles. The molecule has 0 spiro atoms. The average molecular weight is 383 g/mol. The predicted molar refractivity (Wildman–Crippen MR) is 101 cm³/mol. The van der Waals surface area contributed by atoms with Gasteiger partial charge in [-0.15, -0.1) is 0 Å². The quantitative estimate of drug-likeness (QED) is 0.615.